The maximum absolute atomic E-state index is 13.8. The summed E-state index contributed by atoms with van der Waals surface area (Å²) in [5.74, 6) is 0.0132. The average Bonchev–Trinajstić information content (AvgIpc) is 2.90. The van der Waals surface area contributed by atoms with Gasteiger partial charge in [-0.15, -0.1) is 0 Å². The number of hydrogen-bond donors (Lipinski definition) is 1. The Hall–Kier alpha value is -2.54. The molecule has 1 atom stereocenters. The molecular formula is C30H33BrCl2N2O3. The number of aryl methyl sites for hydroxylation is 2. The second-order valence-electron chi connectivity index (χ2n) is 9.23. The average molecular weight is 620 g/mol. The molecule has 0 aliphatic heterocycles. The molecule has 0 radical (unpaired) electrons. The van der Waals surface area contributed by atoms with Crippen molar-refractivity contribution in [2.45, 2.75) is 52.6 Å². The fraction of sp³-hybridized carbons (Fsp3) is 0.333. The summed E-state index contributed by atoms with van der Waals surface area (Å²) in [6, 6.07) is 17.8. The first-order valence-electron chi connectivity index (χ1n) is 12.6. The number of halogens is 3. The Morgan fingerprint density at radius 3 is 2.24 bits per heavy atom. The molecule has 1 N–H and O–H groups in total. The highest BCUT2D eigenvalue weighted by Gasteiger charge is 2.31. The number of nitrogens with zero attached hydrogens (tertiary/aromatic N) is 1. The van der Waals surface area contributed by atoms with Crippen LogP contribution < -0.4 is 10.1 Å². The van der Waals surface area contributed by atoms with Crippen LogP contribution in [-0.2, 0) is 22.6 Å². The van der Waals surface area contributed by atoms with Crippen molar-refractivity contribution in [2.24, 2.45) is 0 Å². The van der Waals surface area contributed by atoms with Crippen LogP contribution in [0.2, 0.25) is 10.0 Å². The molecule has 0 spiro atoms. The van der Waals surface area contributed by atoms with E-state index in [0.29, 0.717) is 34.3 Å². The lowest BCUT2D eigenvalue weighted by Crippen LogP contribution is -2.52. The van der Waals surface area contributed by atoms with Gasteiger partial charge < -0.3 is 15.0 Å². The van der Waals surface area contributed by atoms with Gasteiger partial charge in [0.15, 0.2) is 6.61 Å². The van der Waals surface area contributed by atoms with Crippen LogP contribution in [0.25, 0.3) is 0 Å². The van der Waals surface area contributed by atoms with Crippen LogP contribution in [0.3, 0.4) is 0 Å². The molecule has 0 saturated carbocycles. The van der Waals surface area contributed by atoms with E-state index in [1.165, 1.54) is 4.90 Å². The third kappa shape index (κ3) is 8.23. The van der Waals surface area contributed by atoms with Gasteiger partial charge in [0.2, 0.25) is 5.91 Å². The lowest BCUT2D eigenvalue weighted by Gasteiger charge is -2.32. The number of nitrogens with one attached hydrogen (secondary N) is 1. The minimum Gasteiger partial charge on any atom is -0.484 e. The van der Waals surface area contributed by atoms with E-state index in [1.54, 1.807) is 18.2 Å². The smallest absolute Gasteiger partial charge is 0.261 e. The van der Waals surface area contributed by atoms with Crippen molar-refractivity contribution in [2.75, 3.05) is 13.2 Å². The monoisotopic (exact) mass is 618 g/mol. The first-order valence-corrected chi connectivity index (χ1v) is 14.2. The van der Waals surface area contributed by atoms with Gasteiger partial charge in [-0.1, -0.05) is 88.9 Å². The third-order valence-corrected chi connectivity index (χ3v) is 8.22. The predicted octanol–water partition coefficient (Wildman–Crippen LogP) is 7.31. The molecule has 0 saturated heterocycles. The summed E-state index contributed by atoms with van der Waals surface area (Å²) in [5.41, 5.74) is 3.53. The van der Waals surface area contributed by atoms with Crippen LogP contribution in [0.15, 0.2) is 65.1 Å². The summed E-state index contributed by atoms with van der Waals surface area (Å²) in [4.78, 5) is 28.8. The minimum atomic E-state index is -0.786. The molecule has 0 unspecified atom stereocenters. The van der Waals surface area contributed by atoms with Crippen LogP contribution >= 0.6 is 39.1 Å². The Morgan fingerprint density at radius 1 is 1.00 bits per heavy atom. The number of ether oxygens (including phenoxy) is 1. The standard InChI is InChI=1S/C30H33BrCl2N2O3/c1-4-5-14-34-30(37)27(17-22-10-7-6-8-11-22)35(18-24-25(32)12-9-13-26(24)33)28(36)19-38-23-15-20(2)29(31)21(3)16-23/h6-13,15-16,27H,4-5,14,17-19H2,1-3H3,(H,34,37)/t27-/m0/s1. The molecule has 0 aliphatic carbocycles. The summed E-state index contributed by atoms with van der Waals surface area (Å²) in [6.45, 7) is 6.35. The lowest BCUT2D eigenvalue weighted by atomic mass is 10.0. The van der Waals surface area contributed by atoms with Crippen molar-refractivity contribution < 1.29 is 14.3 Å². The van der Waals surface area contributed by atoms with Crippen molar-refractivity contribution in [3.8, 4) is 5.75 Å². The zero-order valence-corrected chi connectivity index (χ0v) is 25.0. The number of benzene rings is 3. The maximum Gasteiger partial charge on any atom is 0.261 e. The zero-order chi connectivity index (χ0) is 27.7. The number of unbranched alkanes of at least 4 members (excludes halogenated alkanes) is 1. The molecule has 202 valence electrons. The molecule has 2 amide bonds. The summed E-state index contributed by atoms with van der Waals surface area (Å²) in [7, 11) is 0. The van der Waals surface area contributed by atoms with Crippen LogP contribution in [-0.4, -0.2) is 35.9 Å². The Kier molecular flexibility index (Phi) is 11.5. The first kappa shape index (κ1) is 30.0. The van der Waals surface area contributed by atoms with Gasteiger partial charge in [0.25, 0.3) is 5.91 Å². The molecule has 5 nitrogen and oxygen atoms in total. The van der Waals surface area contributed by atoms with E-state index >= 15 is 0 Å². The molecular weight excluding hydrogens is 587 g/mol. The Morgan fingerprint density at radius 2 is 1.63 bits per heavy atom. The lowest BCUT2D eigenvalue weighted by molar-refractivity contribution is -0.142. The second kappa shape index (κ2) is 14.6. The molecule has 0 heterocycles. The highest BCUT2D eigenvalue weighted by Crippen LogP contribution is 2.28. The minimum absolute atomic E-state index is 0.0673. The molecule has 38 heavy (non-hydrogen) atoms. The number of carbonyl (C=O) groups excluding carboxylic acids is 2. The van der Waals surface area contributed by atoms with Gasteiger partial charge in [0.1, 0.15) is 11.8 Å². The summed E-state index contributed by atoms with van der Waals surface area (Å²) < 4.78 is 6.93. The van der Waals surface area contributed by atoms with Gasteiger partial charge in [0, 0.05) is 39.6 Å². The third-order valence-electron chi connectivity index (χ3n) is 6.26. The van der Waals surface area contributed by atoms with Gasteiger partial charge in [-0.05, 0) is 61.2 Å². The van der Waals surface area contributed by atoms with Gasteiger partial charge >= 0.3 is 0 Å². The summed E-state index contributed by atoms with van der Waals surface area (Å²) in [6.07, 6.45) is 2.13. The Balaban J connectivity index is 1.95. The van der Waals surface area contributed by atoms with E-state index in [9.17, 15) is 9.59 Å². The fourth-order valence-corrected chi connectivity index (χ4v) is 4.88. The Bertz CT molecular complexity index is 1210. The SMILES string of the molecule is CCCCNC(=O)[C@H](Cc1ccccc1)N(Cc1c(Cl)cccc1Cl)C(=O)COc1cc(C)c(Br)c(C)c1. The van der Waals surface area contributed by atoms with Gasteiger partial charge in [-0.2, -0.15) is 0 Å². The maximum atomic E-state index is 13.8. The normalized spacial score (nSPS) is 11.6. The summed E-state index contributed by atoms with van der Waals surface area (Å²) in [5, 5.41) is 3.87. The highest BCUT2D eigenvalue weighted by molar-refractivity contribution is 9.10. The summed E-state index contributed by atoms with van der Waals surface area (Å²) >= 11 is 16.5. The molecule has 0 bridgehead atoms. The van der Waals surface area contributed by atoms with Crippen molar-refractivity contribution >= 4 is 50.9 Å². The molecule has 0 fully saturated rings. The second-order valence-corrected chi connectivity index (χ2v) is 10.8. The van der Waals surface area contributed by atoms with E-state index in [2.05, 4.69) is 28.2 Å². The molecule has 0 aromatic heterocycles. The molecule has 3 rings (SSSR count). The quantitative estimate of drug-likeness (QED) is 0.216. The van der Waals surface area contributed by atoms with Crippen LogP contribution in [0, 0.1) is 13.8 Å². The van der Waals surface area contributed by atoms with E-state index in [-0.39, 0.29) is 25.0 Å². The van der Waals surface area contributed by atoms with Crippen molar-refractivity contribution in [1.82, 2.24) is 10.2 Å². The predicted molar refractivity (Wildman–Crippen MR) is 158 cm³/mol. The molecule has 0 aliphatic rings. The topological polar surface area (TPSA) is 58.6 Å². The first-order chi connectivity index (χ1) is 18.2. The fourth-order valence-electron chi connectivity index (χ4n) is 4.13. The van der Waals surface area contributed by atoms with Gasteiger partial charge in [-0.25, -0.2) is 0 Å². The highest BCUT2D eigenvalue weighted by atomic mass is 79.9. The zero-order valence-electron chi connectivity index (χ0n) is 21.9. The number of carbonyl (C=O) groups is 2. The van der Waals surface area contributed by atoms with Gasteiger partial charge in [0.05, 0.1) is 0 Å². The Labute approximate surface area is 243 Å². The van der Waals surface area contributed by atoms with Crippen molar-refractivity contribution in [3.05, 3.63) is 97.4 Å². The number of hydrogen-bond acceptors (Lipinski definition) is 3. The largest absolute Gasteiger partial charge is 0.484 e. The van der Waals surface area contributed by atoms with Crippen LogP contribution in [0.1, 0.15) is 42.0 Å². The molecule has 3 aromatic rings. The van der Waals surface area contributed by atoms with Gasteiger partial charge in [-0.3, -0.25) is 9.59 Å². The van der Waals surface area contributed by atoms with Crippen molar-refractivity contribution in [1.29, 1.82) is 0 Å². The van der Waals surface area contributed by atoms with Crippen LogP contribution in [0.4, 0.5) is 0 Å². The molecule has 3 aromatic carbocycles. The van der Waals surface area contributed by atoms with E-state index in [1.807, 2.05) is 56.3 Å². The number of amides is 2. The number of rotatable bonds is 12. The molecule has 8 heteroatoms. The van der Waals surface area contributed by atoms with Crippen molar-refractivity contribution in [3.63, 3.8) is 0 Å². The van der Waals surface area contributed by atoms with Crippen LogP contribution in [0.5, 0.6) is 5.75 Å². The van der Waals surface area contributed by atoms with E-state index < -0.39 is 6.04 Å². The van der Waals surface area contributed by atoms with E-state index in [0.717, 1.165) is 34.0 Å². The van der Waals surface area contributed by atoms with E-state index in [4.69, 9.17) is 27.9 Å².